The maximum atomic E-state index is 12.6. The number of carboxylic acids is 1. The van der Waals surface area contributed by atoms with Crippen LogP contribution in [-0.4, -0.2) is 77.1 Å². The zero-order valence-corrected chi connectivity index (χ0v) is 13.1. The predicted octanol–water partition coefficient (Wildman–Crippen LogP) is 0.0749. The SMILES string of the molecule is O=C(O)C1CSC(C2CC2)N1C(=O)N1CCS(=O)(=O)CC1. The van der Waals surface area contributed by atoms with Crippen molar-refractivity contribution in [2.24, 2.45) is 5.92 Å². The summed E-state index contributed by atoms with van der Waals surface area (Å²) in [5.41, 5.74) is 0. The summed E-state index contributed by atoms with van der Waals surface area (Å²) in [5, 5.41) is 9.24. The molecule has 2 amide bonds. The van der Waals surface area contributed by atoms with Crippen molar-refractivity contribution in [3.63, 3.8) is 0 Å². The van der Waals surface area contributed by atoms with E-state index in [1.165, 1.54) is 21.6 Å². The molecule has 2 saturated heterocycles. The van der Waals surface area contributed by atoms with Gasteiger partial charge in [-0.1, -0.05) is 0 Å². The van der Waals surface area contributed by atoms with Gasteiger partial charge in [-0.2, -0.15) is 0 Å². The minimum absolute atomic E-state index is 0.0362. The maximum absolute atomic E-state index is 12.6. The number of carbonyl (C=O) groups excluding carboxylic acids is 1. The summed E-state index contributed by atoms with van der Waals surface area (Å²) >= 11 is 1.53. The van der Waals surface area contributed by atoms with Crippen molar-refractivity contribution in [1.82, 2.24) is 9.80 Å². The first-order chi connectivity index (χ1) is 9.89. The molecule has 3 aliphatic rings. The lowest BCUT2D eigenvalue weighted by molar-refractivity contribution is -0.141. The van der Waals surface area contributed by atoms with Crippen LogP contribution in [0.4, 0.5) is 4.79 Å². The molecule has 2 atom stereocenters. The molecule has 0 aromatic carbocycles. The molecule has 1 saturated carbocycles. The van der Waals surface area contributed by atoms with Crippen molar-refractivity contribution >= 4 is 33.6 Å². The Morgan fingerprint density at radius 1 is 1.14 bits per heavy atom. The number of carboxylic acid groups (broad SMARTS) is 1. The van der Waals surface area contributed by atoms with Crippen LogP contribution < -0.4 is 0 Å². The topological polar surface area (TPSA) is 95.0 Å². The number of aliphatic carboxylic acids is 1. The monoisotopic (exact) mass is 334 g/mol. The van der Waals surface area contributed by atoms with Gasteiger partial charge >= 0.3 is 12.0 Å². The van der Waals surface area contributed by atoms with Crippen LogP contribution in [0.2, 0.25) is 0 Å². The van der Waals surface area contributed by atoms with Crippen molar-refractivity contribution in [3.8, 4) is 0 Å². The van der Waals surface area contributed by atoms with Gasteiger partial charge in [0.2, 0.25) is 0 Å². The fourth-order valence-electron chi connectivity index (χ4n) is 2.77. The van der Waals surface area contributed by atoms with E-state index in [2.05, 4.69) is 0 Å². The molecule has 7 nitrogen and oxygen atoms in total. The number of carbonyl (C=O) groups is 2. The van der Waals surface area contributed by atoms with Crippen LogP contribution in [0.25, 0.3) is 0 Å². The van der Waals surface area contributed by atoms with E-state index in [1.54, 1.807) is 0 Å². The maximum Gasteiger partial charge on any atom is 0.327 e. The smallest absolute Gasteiger partial charge is 0.327 e. The molecular formula is C12H18N2O5S2. The molecule has 2 aliphatic heterocycles. The lowest BCUT2D eigenvalue weighted by atomic mass is 10.2. The van der Waals surface area contributed by atoms with E-state index in [0.717, 1.165) is 12.8 Å². The number of urea groups is 1. The van der Waals surface area contributed by atoms with Crippen molar-refractivity contribution < 1.29 is 23.1 Å². The number of hydrogen-bond acceptors (Lipinski definition) is 5. The Bertz CT molecular complexity index is 546. The van der Waals surface area contributed by atoms with E-state index in [-0.39, 0.29) is 36.0 Å². The third-order valence-corrected chi connectivity index (χ3v) is 7.25. The van der Waals surface area contributed by atoms with Gasteiger partial charge in [0.25, 0.3) is 0 Å². The summed E-state index contributed by atoms with van der Waals surface area (Å²) in [4.78, 5) is 27.0. The zero-order valence-electron chi connectivity index (χ0n) is 11.5. The van der Waals surface area contributed by atoms with E-state index in [1.807, 2.05) is 0 Å². The van der Waals surface area contributed by atoms with E-state index in [4.69, 9.17) is 0 Å². The molecule has 3 fully saturated rings. The van der Waals surface area contributed by atoms with Crippen LogP contribution in [0.15, 0.2) is 0 Å². The molecule has 0 radical (unpaired) electrons. The highest BCUT2D eigenvalue weighted by molar-refractivity contribution is 8.00. The Balaban J connectivity index is 1.75. The van der Waals surface area contributed by atoms with Gasteiger partial charge in [0.1, 0.15) is 6.04 Å². The summed E-state index contributed by atoms with van der Waals surface area (Å²) in [7, 11) is -3.05. The summed E-state index contributed by atoms with van der Waals surface area (Å²) in [6.07, 6.45) is 2.06. The van der Waals surface area contributed by atoms with Gasteiger partial charge in [-0.05, 0) is 18.8 Å². The van der Waals surface area contributed by atoms with Crippen LogP contribution in [-0.2, 0) is 14.6 Å². The molecule has 1 N–H and O–H groups in total. The predicted molar refractivity (Wildman–Crippen MR) is 77.9 cm³/mol. The molecule has 9 heteroatoms. The van der Waals surface area contributed by atoms with Crippen molar-refractivity contribution in [1.29, 1.82) is 0 Å². The lowest BCUT2D eigenvalue weighted by Gasteiger charge is -2.35. The van der Waals surface area contributed by atoms with Crippen LogP contribution in [0, 0.1) is 5.92 Å². The van der Waals surface area contributed by atoms with E-state index < -0.39 is 21.8 Å². The Hall–Kier alpha value is -0.960. The highest BCUT2D eigenvalue weighted by Gasteiger charge is 2.49. The van der Waals surface area contributed by atoms with Crippen LogP contribution in [0.1, 0.15) is 12.8 Å². The molecule has 3 rings (SSSR count). The summed E-state index contributed by atoms with van der Waals surface area (Å²) < 4.78 is 22.9. The van der Waals surface area contributed by atoms with Crippen molar-refractivity contribution in [2.75, 3.05) is 30.3 Å². The average molecular weight is 334 g/mol. The number of sulfone groups is 1. The van der Waals surface area contributed by atoms with Gasteiger partial charge in [0.05, 0.1) is 16.9 Å². The largest absolute Gasteiger partial charge is 0.480 e. The normalized spacial score (nSPS) is 32.2. The molecule has 0 bridgehead atoms. The molecule has 0 spiro atoms. The molecule has 2 heterocycles. The third-order valence-electron chi connectivity index (χ3n) is 4.18. The Kier molecular flexibility index (Phi) is 3.81. The van der Waals surface area contributed by atoms with Gasteiger partial charge in [0.15, 0.2) is 9.84 Å². The van der Waals surface area contributed by atoms with E-state index >= 15 is 0 Å². The minimum Gasteiger partial charge on any atom is -0.480 e. The number of hydrogen-bond donors (Lipinski definition) is 1. The van der Waals surface area contributed by atoms with Gasteiger partial charge in [-0.25, -0.2) is 18.0 Å². The lowest BCUT2D eigenvalue weighted by Crippen LogP contribution is -2.55. The first-order valence-corrected chi connectivity index (χ1v) is 9.88. The molecule has 0 aromatic rings. The number of amides is 2. The Labute approximate surface area is 127 Å². The number of rotatable bonds is 2. The van der Waals surface area contributed by atoms with Crippen molar-refractivity contribution in [2.45, 2.75) is 24.3 Å². The number of nitrogens with zero attached hydrogens (tertiary/aromatic N) is 2. The fraction of sp³-hybridized carbons (Fsp3) is 0.833. The Morgan fingerprint density at radius 2 is 1.76 bits per heavy atom. The first kappa shape index (κ1) is 15.0. The molecule has 1 aliphatic carbocycles. The van der Waals surface area contributed by atoms with Crippen LogP contribution in [0.3, 0.4) is 0 Å². The van der Waals surface area contributed by atoms with Gasteiger partial charge in [-0.15, -0.1) is 11.8 Å². The summed E-state index contributed by atoms with van der Waals surface area (Å²) in [5.74, 6) is -0.258. The van der Waals surface area contributed by atoms with Gasteiger partial charge < -0.3 is 10.0 Å². The molecule has 118 valence electrons. The summed E-state index contributed by atoms with van der Waals surface area (Å²) in [6.45, 7) is 0.318. The zero-order chi connectivity index (χ0) is 15.2. The van der Waals surface area contributed by atoms with Gasteiger partial charge in [0, 0.05) is 18.8 Å². The highest BCUT2D eigenvalue weighted by Crippen LogP contribution is 2.45. The molecule has 0 aromatic heterocycles. The second-order valence-electron chi connectivity index (χ2n) is 5.74. The third kappa shape index (κ3) is 2.98. The Morgan fingerprint density at radius 3 is 2.29 bits per heavy atom. The standard InChI is InChI=1S/C12H18N2O5S2/c15-11(16)9-7-20-10(8-1-2-8)14(9)12(17)13-3-5-21(18,19)6-4-13/h8-10H,1-7H2,(H,15,16). The van der Waals surface area contributed by atoms with Crippen LogP contribution >= 0.6 is 11.8 Å². The van der Waals surface area contributed by atoms with Crippen molar-refractivity contribution in [3.05, 3.63) is 0 Å². The average Bonchev–Trinajstić information content (AvgIpc) is 3.16. The molecule has 2 unspecified atom stereocenters. The molecule has 21 heavy (non-hydrogen) atoms. The highest BCUT2D eigenvalue weighted by atomic mass is 32.2. The minimum atomic E-state index is -3.05. The number of thioether (sulfide) groups is 1. The second kappa shape index (κ2) is 5.35. The molecular weight excluding hydrogens is 316 g/mol. The summed E-state index contributed by atoms with van der Waals surface area (Å²) in [6, 6.07) is -1.12. The second-order valence-corrected chi connectivity index (χ2v) is 9.20. The van der Waals surface area contributed by atoms with Crippen LogP contribution in [0.5, 0.6) is 0 Å². The fourth-order valence-corrected chi connectivity index (χ4v) is 5.60. The first-order valence-electron chi connectivity index (χ1n) is 7.01. The van der Waals surface area contributed by atoms with E-state index in [9.17, 15) is 23.1 Å². The van der Waals surface area contributed by atoms with Gasteiger partial charge in [-0.3, -0.25) is 4.90 Å². The van der Waals surface area contributed by atoms with E-state index in [0.29, 0.717) is 11.7 Å². The quantitative estimate of drug-likeness (QED) is 0.768.